The molecule has 0 spiro atoms. The lowest BCUT2D eigenvalue weighted by Gasteiger charge is -2.05. The summed E-state index contributed by atoms with van der Waals surface area (Å²) in [6, 6.07) is 4.98. The van der Waals surface area contributed by atoms with Crippen LogP contribution in [0.25, 0.3) is 0 Å². The molecule has 0 heterocycles. The zero-order chi connectivity index (χ0) is 13.8. The molecule has 0 amide bonds. The number of nitro groups is 1. The minimum atomic E-state index is -2.98. The van der Waals surface area contributed by atoms with Crippen LogP contribution in [-0.4, -0.2) is 31.9 Å². The van der Waals surface area contributed by atoms with Crippen molar-refractivity contribution in [3.05, 3.63) is 39.4 Å². The Morgan fingerprint density at radius 3 is 2.61 bits per heavy atom. The molecular formula is C11H16N2O4S. The Morgan fingerprint density at radius 1 is 1.39 bits per heavy atom. The number of nitrogens with zero attached hydrogens (tertiary/aromatic N) is 1. The summed E-state index contributed by atoms with van der Waals surface area (Å²) in [5.74, 6) is 0.0565. The summed E-state index contributed by atoms with van der Waals surface area (Å²) in [7, 11) is -2.98. The highest BCUT2D eigenvalue weighted by atomic mass is 32.2. The first-order valence-corrected chi connectivity index (χ1v) is 7.48. The number of aryl methyl sites for hydroxylation is 1. The predicted molar refractivity (Wildman–Crippen MR) is 69.3 cm³/mol. The highest BCUT2D eigenvalue weighted by molar-refractivity contribution is 7.90. The van der Waals surface area contributed by atoms with Crippen molar-refractivity contribution < 1.29 is 13.3 Å². The van der Waals surface area contributed by atoms with Gasteiger partial charge in [0.2, 0.25) is 0 Å². The molecule has 0 aliphatic heterocycles. The summed E-state index contributed by atoms with van der Waals surface area (Å²) in [5.41, 5.74) is 1.46. The van der Waals surface area contributed by atoms with Crippen molar-refractivity contribution >= 4 is 15.5 Å². The van der Waals surface area contributed by atoms with E-state index >= 15 is 0 Å². The maximum atomic E-state index is 10.9. The van der Waals surface area contributed by atoms with Crippen LogP contribution in [0, 0.1) is 17.0 Å². The Bertz CT molecular complexity index is 540. The fourth-order valence-corrected chi connectivity index (χ4v) is 1.97. The SMILES string of the molecule is Cc1ccc(CNCCS(C)(=O)=O)cc1[N+](=O)[O-]. The van der Waals surface area contributed by atoms with E-state index < -0.39 is 14.8 Å². The van der Waals surface area contributed by atoms with Gasteiger partial charge in [-0.25, -0.2) is 8.42 Å². The van der Waals surface area contributed by atoms with Gasteiger partial charge in [0, 0.05) is 31.0 Å². The van der Waals surface area contributed by atoms with Crippen LogP contribution in [0.4, 0.5) is 5.69 Å². The van der Waals surface area contributed by atoms with Gasteiger partial charge in [0.25, 0.3) is 5.69 Å². The molecular weight excluding hydrogens is 256 g/mol. The number of nitro benzene ring substituents is 1. The molecule has 0 bridgehead atoms. The second-order valence-electron chi connectivity index (χ2n) is 4.18. The zero-order valence-electron chi connectivity index (χ0n) is 10.3. The molecule has 0 fully saturated rings. The van der Waals surface area contributed by atoms with Gasteiger partial charge in [0.15, 0.2) is 0 Å². The zero-order valence-corrected chi connectivity index (χ0v) is 11.2. The number of hydrogen-bond donors (Lipinski definition) is 1. The number of rotatable bonds is 6. The molecule has 0 saturated heterocycles. The third kappa shape index (κ3) is 4.80. The quantitative estimate of drug-likeness (QED) is 0.475. The molecule has 1 N–H and O–H groups in total. The molecule has 0 unspecified atom stereocenters. The highest BCUT2D eigenvalue weighted by Gasteiger charge is 2.10. The van der Waals surface area contributed by atoms with Crippen molar-refractivity contribution in [3.63, 3.8) is 0 Å². The fraction of sp³-hybridized carbons (Fsp3) is 0.455. The molecule has 0 saturated carbocycles. The molecule has 1 rings (SSSR count). The molecule has 0 aromatic heterocycles. The summed E-state index contributed by atoms with van der Waals surface area (Å²) in [4.78, 5) is 10.3. The average Bonchev–Trinajstić information content (AvgIpc) is 2.24. The van der Waals surface area contributed by atoms with Crippen LogP contribution in [0.2, 0.25) is 0 Å². The van der Waals surface area contributed by atoms with Gasteiger partial charge in [-0.1, -0.05) is 12.1 Å². The maximum absolute atomic E-state index is 10.9. The van der Waals surface area contributed by atoms with Crippen LogP contribution >= 0.6 is 0 Å². The first kappa shape index (κ1) is 14.6. The van der Waals surface area contributed by atoms with Crippen molar-refractivity contribution in [2.75, 3.05) is 18.6 Å². The summed E-state index contributed by atoms with van der Waals surface area (Å²) < 4.78 is 21.8. The van der Waals surface area contributed by atoms with Crippen LogP contribution in [0.1, 0.15) is 11.1 Å². The van der Waals surface area contributed by atoms with Crippen molar-refractivity contribution in [1.29, 1.82) is 0 Å². The van der Waals surface area contributed by atoms with E-state index in [4.69, 9.17) is 0 Å². The summed E-state index contributed by atoms with van der Waals surface area (Å²) in [6.45, 7) is 2.43. The normalized spacial score (nSPS) is 11.4. The standard InChI is InChI=1S/C11H16N2O4S/c1-9-3-4-10(7-11(9)13(14)15)8-12-5-6-18(2,16)17/h3-4,7,12H,5-6,8H2,1-2H3. The van der Waals surface area contributed by atoms with Gasteiger partial charge in [0.05, 0.1) is 10.7 Å². The summed E-state index contributed by atoms with van der Waals surface area (Å²) in [6.07, 6.45) is 1.17. The topological polar surface area (TPSA) is 89.3 Å². The minimum absolute atomic E-state index is 0.0565. The molecule has 0 aliphatic carbocycles. The summed E-state index contributed by atoms with van der Waals surface area (Å²) >= 11 is 0. The molecule has 6 nitrogen and oxygen atoms in total. The number of hydrogen-bond acceptors (Lipinski definition) is 5. The number of nitrogens with one attached hydrogen (secondary N) is 1. The van der Waals surface area contributed by atoms with E-state index in [1.807, 2.05) is 0 Å². The van der Waals surface area contributed by atoms with E-state index in [-0.39, 0.29) is 11.4 Å². The van der Waals surface area contributed by atoms with Gasteiger partial charge in [-0.3, -0.25) is 10.1 Å². The largest absolute Gasteiger partial charge is 0.312 e. The third-order valence-corrected chi connectivity index (χ3v) is 3.39. The Kier molecular flexibility index (Phi) is 4.80. The van der Waals surface area contributed by atoms with E-state index in [9.17, 15) is 18.5 Å². The Labute approximate surface area is 106 Å². The van der Waals surface area contributed by atoms with Crippen molar-refractivity contribution in [2.24, 2.45) is 0 Å². The highest BCUT2D eigenvalue weighted by Crippen LogP contribution is 2.18. The van der Waals surface area contributed by atoms with Crippen LogP contribution in [0.5, 0.6) is 0 Å². The van der Waals surface area contributed by atoms with Crippen LogP contribution in [0.15, 0.2) is 18.2 Å². The molecule has 1 aromatic carbocycles. The molecule has 0 radical (unpaired) electrons. The predicted octanol–water partition coefficient (Wildman–Crippen LogP) is 1.04. The van der Waals surface area contributed by atoms with Crippen LogP contribution in [-0.2, 0) is 16.4 Å². The second kappa shape index (κ2) is 5.92. The molecule has 1 aromatic rings. The minimum Gasteiger partial charge on any atom is -0.312 e. The van der Waals surface area contributed by atoms with Crippen molar-refractivity contribution in [1.82, 2.24) is 5.32 Å². The molecule has 100 valence electrons. The molecule has 18 heavy (non-hydrogen) atoms. The van der Waals surface area contributed by atoms with E-state index in [0.29, 0.717) is 18.7 Å². The van der Waals surface area contributed by atoms with Crippen molar-refractivity contribution in [2.45, 2.75) is 13.5 Å². The monoisotopic (exact) mass is 272 g/mol. The van der Waals surface area contributed by atoms with Gasteiger partial charge >= 0.3 is 0 Å². The van der Waals surface area contributed by atoms with Gasteiger partial charge in [-0.05, 0) is 12.5 Å². The van der Waals surface area contributed by atoms with Crippen LogP contribution < -0.4 is 5.32 Å². The first-order chi connectivity index (χ1) is 8.29. The van der Waals surface area contributed by atoms with Gasteiger partial charge in [-0.15, -0.1) is 0 Å². The Morgan fingerprint density at radius 2 is 2.06 bits per heavy atom. The van der Waals surface area contributed by atoms with Gasteiger partial charge in [-0.2, -0.15) is 0 Å². The number of benzene rings is 1. The Hall–Kier alpha value is -1.47. The third-order valence-electron chi connectivity index (χ3n) is 2.45. The fourth-order valence-electron chi connectivity index (χ4n) is 1.45. The van der Waals surface area contributed by atoms with Crippen molar-refractivity contribution in [3.8, 4) is 0 Å². The number of sulfone groups is 1. The molecule has 7 heteroatoms. The maximum Gasteiger partial charge on any atom is 0.272 e. The second-order valence-corrected chi connectivity index (χ2v) is 6.44. The summed E-state index contributed by atoms with van der Waals surface area (Å²) in [5, 5.41) is 13.7. The average molecular weight is 272 g/mol. The van der Waals surface area contributed by atoms with E-state index in [2.05, 4.69) is 5.32 Å². The smallest absolute Gasteiger partial charge is 0.272 e. The van der Waals surface area contributed by atoms with E-state index in [1.165, 1.54) is 12.3 Å². The van der Waals surface area contributed by atoms with Gasteiger partial charge < -0.3 is 5.32 Å². The van der Waals surface area contributed by atoms with Crippen LogP contribution in [0.3, 0.4) is 0 Å². The lowest BCUT2D eigenvalue weighted by atomic mass is 10.1. The lowest BCUT2D eigenvalue weighted by Crippen LogP contribution is -2.21. The first-order valence-electron chi connectivity index (χ1n) is 5.42. The molecule has 0 aliphatic rings. The van der Waals surface area contributed by atoms with Gasteiger partial charge in [0.1, 0.15) is 9.84 Å². The Balaban J connectivity index is 2.58. The lowest BCUT2D eigenvalue weighted by molar-refractivity contribution is -0.385. The molecule has 0 atom stereocenters. The van der Waals surface area contributed by atoms with E-state index in [1.54, 1.807) is 19.1 Å². The van der Waals surface area contributed by atoms with E-state index in [0.717, 1.165) is 5.56 Å².